The number of benzene rings is 1. The van der Waals surface area contributed by atoms with E-state index in [1.54, 1.807) is 6.92 Å². The van der Waals surface area contributed by atoms with E-state index in [1.165, 1.54) is 6.07 Å². The monoisotopic (exact) mass is 249 g/mol. The average Bonchev–Trinajstić information content (AvgIpc) is 2.10. The van der Waals surface area contributed by atoms with Crippen molar-refractivity contribution in [1.82, 2.24) is 0 Å². The third kappa shape index (κ3) is 2.25. The van der Waals surface area contributed by atoms with Crippen LogP contribution in [0.5, 0.6) is 0 Å². The standard InChI is InChI=1S/C9H10BrF2N/c1-5(4-13)7-2-6(11)3-8(10)9(7)12/h2-3,5H,4,13H2,1H3. The van der Waals surface area contributed by atoms with Crippen molar-refractivity contribution in [2.75, 3.05) is 6.54 Å². The fraction of sp³-hybridized carbons (Fsp3) is 0.333. The van der Waals surface area contributed by atoms with Gasteiger partial charge in [0.2, 0.25) is 0 Å². The molecule has 72 valence electrons. The maximum absolute atomic E-state index is 13.3. The molecule has 0 fully saturated rings. The van der Waals surface area contributed by atoms with Gasteiger partial charge in [0.1, 0.15) is 11.6 Å². The van der Waals surface area contributed by atoms with Crippen molar-refractivity contribution < 1.29 is 8.78 Å². The van der Waals surface area contributed by atoms with Crippen molar-refractivity contribution in [3.8, 4) is 0 Å². The molecule has 1 unspecified atom stereocenters. The van der Waals surface area contributed by atoms with Crippen LogP contribution < -0.4 is 5.73 Å². The quantitative estimate of drug-likeness (QED) is 0.802. The third-order valence-electron chi connectivity index (χ3n) is 1.91. The van der Waals surface area contributed by atoms with Crippen molar-refractivity contribution in [2.45, 2.75) is 12.8 Å². The first kappa shape index (κ1) is 10.6. The zero-order valence-corrected chi connectivity index (χ0v) is 8.74. The highest BCUT2D eigenvalue weighted by Crippen LogP contribution is 2.25. The predicted octanol–water partition coefficient (Wildman–Crippen LogP) is 2.79. The highest BCUT2D eigenvalue weighted by atomic mass is 79.9. The summed E-state index contributed by atoms with van der Waals surface area (Å²) in [6.45, 7) is 2.05. The molecule has 2 N–H and O–H groups in total. The zero-order chi connectivity index (χ0) is 10.0. The van der Waals surface area contributed by atoms with Gasteiger partial charge < -0.3 is 5.73 Å². The van der Waals surface area contributed by atoms with Crippen LogP contribution >= 0.6 is 15.9 Å². The van der Waals surface area contributed by atoms with Crippen LogP contribution in [0.25, 0.3) is 0 Å². The van der Waals surface area contributed by atoms with Gasteiger partial charge >= 0.3 is 0 Å². The van der Waals surface area contributed by atoms with Crippen LogP contribution in [0.4, 0.5) is 8.78 Å². The first-order valence-corrected chi connectivity index (χ1v) is 4.70. The Kier molecular flexibility index (Phi) is 3.39. The first-order chi connectivity index (χ1) is 6.06. The maximum atomic E-state index is 13.3. The Bertz CT molecular complexity index is 315. The highest BCUT2D eigenvalue weighted by molar-refractivity contribution is 9.10. The van der Waals surface area contributed by atoms with Gasteiger partial charge in [0.05, 0.1) is 4.47 Å². The lowest BCUT2D eigenvalue weighted by Crippen LogP contribution is -2.11. The molecule has 0 radical (unpaired) electrons. The Balaban J connectivity index is 3.20. The van der Waals surface area contributed by atoms with Crippen LogP contribution in [0.15, 0.2) is 16.6 Å². The molecule has 1 aromatic carbocycles. The molecule has 0 amide bonds. The van der Waals surface area contributed by atoms with Crippen molar-refractivity contribution >= 4 is 15.9 Å². The van der Waals surface area contributed by atoms with Gasteiger partial charge in [-0.15, -0.1) is 0 Å². The molecule has 1 aromatic rings. The van der Waals surface area contributed by atoms with E-state index in [1.807, 2.05) is 0 Å². The number of halogens is 3. The molecule has 1 atom stereocenters. The molecule has 0 spiro atoms. The SMILES string of the molecule is CC(CN)c1cc(F)cc(Br)c1F. The van der Waals surface area contributed by atoms with Gasteiger partial charge in [0.15, 0.2) is 0 Å². The van der Waals surface area contributed by atoms with E-state index >= 15 is 0 Å². The van der Waals surface area contributed by atoms with Gasteiger partial charge in [-0.3, -0.25) is 0 Å². The summed E-state index contributed by atoms with van der Waals surface area (Å²) in [6.07, 6.45) is 0. The van der Waals surface area contributed by atoms with Gasteiger partial charge in [-0.25, -0.2) is 8.78 Å². The minimum Gasteiger partial charge on any atom is -0.330 e. The second-order valence-electron chi connectivity index (χ2n) is 2.93. The average molecular weight is 250 g/mol. The van der Waals surface area contributed by atoms with E-state index < -0.39 is 11.6 Å². The largest absolute Gasteiger partial charge is 0.330 e. The van der Waals surface area contributed by atoms with E-state index in [0.717, 1.165) is 6.07 Å². The van der Waals surface area contributed by atoms with Crippen LogP contribution in [0.2, 0.25) is 0 Å². The molecule has 1 nitrogen and oxygen atoms in total. The maximum Gasteiger partial charge on any atom is 0.141 e. The summed E-state index contributed by atoms with van der Waals surface area (Å²) in [5, 5.41) is 0. The summed E-state index contributed by atoms with van der Waals surface area (Å²) in [4.78, 5) is 0. The van der Waals surface area contributed by atoms with E-state index in [0.29, 0.717) is 12.1 Å². The van der Waals surface area contributed by atoms with Crippen LogP contribution in [0, 0.1) is 11.6 Å². The lowest BCUT2D eigenvalue weighted by Gasteiger charge is -2.11. The van der Waals surface area contributed by atoms with Gasteiger partial charge in [0.25, 0.3) is 0 Å². The lowest BCUT2D eigenvalue weighted by molar-refractivity contribution is 0.563. The molecule has 0 saturated heterocycles. The van der Waals surface area contributed by atoms with E-state index in [9.17, 15) is 8.78 Å². The second-order valence-corrected chi connectivity index (χ2v) is 3.78. The molecule has 0 bridgehead atoms. The molecular formula is C9H10BrF2N. The molecule has 0 aliphatic rings. The third-order valence-corrected chi connectivity index (χ3v) is 2.48. The number of rotatable bonds is 2. The smallest absolute Gasteiger partial charge is 0.141 e. The summed E-state index contributed by atoms with van der Waals surface area (Å²) in [7, 11) is 0. The number of hydrogen-bond donors (Lipinski definition) is 1. The van der Waals surface area contributed by atoms with Gasteiger partial charge in [-0.2, -0.15) is 0 Å². The van der Waals surface area contributed by atoms with Crippen molar-refractivity contribution in [1.29, 1.82) is 0 Å². The first-order valence-electron chi connectivity index (χ1n) is 3.90. The Hall–Kier alpha value is -0.480. The van der Waals surface area contributed by atoms with Crippen molar-refractivity contribution in [3.05, 3.63) is 33.8 Å². The molecule has 0 aromatic heterocycles. The minimum absolute atomic E-state index is 0.141. The number of nitrogens with two attached hydrogens (primary N) is 1. The Labute approximate surface area is 84.1 Å². The molecule has 13 heavy (non-hydrogen) atoms. The normalized spacial score (nSPS) is 13.0. The van der Waals surface area contributed by atoms with Gasteiger partial charge in [-0.05, 0) is 46.1 Å². The molecule has 0 heterocycles. The van der Waals surface area contributed by atoms with Crippen molar-refractivity contribution in [2.24, 2.45) is 5.73 Å². The van der Waals surface area contributed by atoms with Crippen molar-refractivity contribution in [3.63, 3.8) is 0 Å². The Morgan fingerprint density at radius 1 is 1.46 bits per heavy atom. The summed E-state index contributed by atoms with van der Waals surface area (Å²) in [6, 6.07) is 2.28. The molecule has 0 saturated carbocycles. The van der Waals surface area contributed by atoms with E-state index in [2.05, 4.69) is 15.9 Å². The van der Waals surface area contributed by atoms with Crippen LogP contribution in [0.3, 0.4) is 0 Å². The fourth-order valence-electron chi connectivity index (χ4n) is 1.06. The van der Waals surface area contributed by atoms with Crippen LogP contribution in [0.1, 0.15) is 18.4 Å². The second kappa shape index (κ2) is 4.15. The minimum atomic E-state index is -0.455. The summed E-state index contributed by atoms with van der Waals surface area (Å²) < 4.78 is 26.4. The number of hydrogen-bond acceptors (Lipinski definition) is 1. The summed E-state index contributed by atoms with van der Waals surface area (Å²) in [5.41, 5.74) is 5.68. The highest BCUT2D eigenvalue weighted by Gasteiger charge is 2.13. The zero-order valence-electron chi connectivity index (χ0n) is 7.15. The van der Waals surface area contributed by atoms with Gasteiger partial charge in [0, 0.05) is 0 Å². The van der Waals surface area contributed by atoms with E-state index in [4.69, 9.17) is 5.73 Å². The fourth-order valence-corrected chi connectivity index (χ4v) is 1.51. The molecule has 4 heteroatoms. The summed E-state index contributed by atoms with van der Waals surface area (Å²) in [5.74, 6) is -1.06. The van der Waals surface area contributed by atoms with Gasteiger partial charge in [-0.1, -0.05) is 6.92 Å². The predicted molar refractivity (Wildman–Crippen MR) is 51.5 cm³/mol. The molecular weight excluding hydrogens is 240 g/mol. The Morgan fingerprint density at radius 2 is 2.08 bits per heavy atom. The molecule has 1 rings (SSSR count). The van der Waals surface area contributed by atoms with Crippen LogP contribution in [-0.2, 0) is 0 Å². The van der Waals surface area contributed by atoms with Crippen LogP contribution in [-0.4, -0.2) is 6.54 Å². The topological polar surface area (TPSA) is 26.0 Å². The summed E-state index contributed by atoms with van der Waals surface area (Å²) >= 11 is 2.94. The molecule has 0 aliphatic carbocycles. The van der Waals surface area contributed by atoms with E-state index in [-0.39, 0.29) is 10.4 Å². The Morgan fingerprint density at radius 3 is 2.62 bits per heavy atom. The lowest BCUT2D eigenvalue weighted by atomic mass is 10.0. The molecule has 0 aliphatic heterocycles.